The molecule has 2 N–H and O–H groups in total. The molecule has 0 bridgehead atoms. The van der Waals surface area contributed by atoms with Crippen LogP contribution in [0.25, 0.3) is 11.1 Å². The topological polar surface area (TPSA) is 69.1 Å². The summed E-state index contributed by atoms with van der Waals surface area (Å²) in [5.74, 6) is -0.345. The molecule has 4 heteroatoms. The van der Waals surface area contributed by atoms with Crippen molar-refractivity contribution in [2.45, 2.75) is 6.42 Å². The Morgan fingerprint density at radius 1 is 1.54 bits per heavy atom. The second-order valence-corrected chi connectivity index (χ2v) is 2.80. The Hall–Kier alpha value is -1.84. The van der Waals surface area contributed by atoms with E-state index in [1.807, 2.05) is 0 Å². The molecule has 0 saturated heterocycles. The molecule has 0 aliphatic carbocycles. The highest BCUT2D eigenvalue weighted by Gasteiger charge is 2.02. The van der Waals surface area contributed by atoms with Crippen LogP contribution in [0, 0.1) is 0 Å². The minimum Gasteiger partial charge on any atom is -0.443 e. The molecule has 2 aromatic rings. The highest BCUT2D eigenvalue weighted by molar-refractivity contribution is 5.79. The Morgan fingerprint density at radius 3 is 3.15 bits per heavy atom. The number of fused-ring (bicyclic) bond motifs is 1. The lowest BCUT2D eigenvalue weighted by molar-refractivity contribution is -0.117. The molecule has 0 unspecified atom stereocenters. The first kappa shape index (κ1) is 7.79. The van der Waals surface area contributed by atoms with Crippen molar-refractivity contribution in [1.29, 1.82) is 0 Å². The Kier molecular flexibility index (Phi) is 1.73. The molecular weight excluding hydrogens is 168 g/mol. The molecule has 0 aliphatic heterocycles. The Bertz CT molecular complexity index is 448. The highest BCUT2D eigenvalue weighted by atomic mass is 16.3. The molecule has 1 amide bonds. The molecule has 0 radical (unpaired) electrons. The summed E-state index contributed by atoms with van der Waals surface area (Å²) in [6.45, 7) is 0. The van der Waals surface area contributed by atoms with Crippen molar-refractivity contribution >= 4 is 17.0 Å². The maximum absolute atomic E-state index is 10.6. The third kappa shape index (κ3) is 1.51. The van der Waals surface area contributed by atoms with Gasteiger partial charge in [0.15, 0.2) is 12.0 Å². The van der Waals surface area contributed by atoms with Gasteiger partial charge in [-0.25, -0.2) is 4.98 Å². The molecule has 1 aromatic heterocycles. The lowest BCUT2D eigenvalue weighted by Gasteiger charge is -1.95. The summed E-state index contributed by atoms with van der Waals surface area (Å²) >= 11 is 0. The number of rotatable bonds is 2. The van der Waals surface area contributed by atoms with Crippen molar-refractivity contribution in [3.05, 3.63) is 30.2 Å². The van der Waals surface area contributed by atoms with Gasteiger partial charge in [0.2, 0.25) is 5.91 Å². The van der Waals surface area contributed by atoms with Gasteiger partial charge in [0.05, 0.1) is 6.42 Å². The summed E-state index contributed by atoms with van der Waals surface area (Å²) in [6.07, 6.45) is 1.61. The zero-order valence-electron chi connectivity index (χ0n) is 6.86. The smallest absolute Gasteiger partial charge is 0.221 e. The highest BCUT2D eigenvalue weighted by Crippen LogP contribution is 2.14. The van der Waals surface area contributed by atoms with Crippen molar-refractivity contribution in [3.63, 3.8) is 0 Å². The summed E-state index contributed by atoms with van der Waals surface area (Å²) in [6, 6.07) is 5.38. The van der Waals surface area contributed by atoms with Crippen LogP contribution < -0.4 is 5.73 Å². The number of aromatic nitrogens is 1. The maximum Gasteiger partial charge on any atom is 0.221 e. The van der Waals surface area contributed by atoms with Crippen molar-refractivity contribution in [1.82, 2.24) is 4.98 Å². The molecule has 0 atom stereocenters. The van der Waals surface area contributed by atoms with Gasteiger partial charge in [-0.3, -0.25) is 4.79 Å². The van der Waals surface area contributed by atoms with Crippen LogP contribution in [0.5, 0.6) is 0 Å². The summed E-state index contributed by atoms with van der Waals surface area (Å²) < 4.78 is 5.05. The van der Waals surface area contributed by atoms with Gasteiger partial charge >= 0.3 is 0 Å². The summed E-state index contributed by atoms with van der Waals surface area (Å²) in [5.41, 5.74) is 7.38. The Morgan fingerprint density at radius 2 is 2.38 bits per heavy atom. The first-order valence-electron chi connectivity index (χ1n) is 3.86. The van der Waals surface area contributed by atoms with E-state index < -0.39 is 0 Å². The molecule has 66 valence electrons. The number of benzene rings is 1. The van der Waals surface area contributed by atoms with E-state index in [1.54, 1.807) is 18.2 Å². The van der Waals surface area contributed by atoms with Gasteiger partial charge < -0.3 is 10.2 Å². The van der Waals surface area contributed by atoms with Crippen LogP contribution in [0.1, 0.15) is 5.56 Å². The summed E-state index contributed by atoms with van der Waals surface area (Å²) in [4.78, 5) is 14.6. The lowest BCUT2D eigenvalue weighted by Crippen LogP contribution is -2.13. The molecule has 1 aromatic carbocycles. The number of hydrogen-bond donors (Lipinski definition) is 1. The van der Waals surface area contributed by atoms with Crippen LogP contribution in [0.2, 0.25) is 0 Å². The molecule has 0 fully saturated rings. The SMILES string of the molecule is NC(=O)Cc1ccc2ocnc2c1. The minimum absolute atomic E-state index is 0.239. The van der Waals surface area contributed by atoms with Gasteiger partial charge in [-0.2, -0.15) is 0 Å². The second kappa shape index (κ2) is 2.90. The number of primary amides is 1. The van der Waals surface area contributed by atoms with Gasteiger partial charge in [0.25, 0.3) is 0 Å². The zero-order chi connectivity index (χ0) is 9.26. The number of carbonyl (C=O) groups excluding carboxylic acids is 1. The molecule has 0 aliphatic rings. The Labute approximate surface area is 74.4 Å². The third-order valence-electron chi connectivity index (χ3n) is 1.77. The molecule has 2 rings (SSSR count). The van der Waals surface area contributed by atoms with E-state index in [9.17, 15) is 4.79 Å². The monoisotopic (exact) mass is 176 g/mol. The van der Waals surface area contributed by atoms with Gasteiger partial charge in [-0.05, 0) is 17.7 Å². The zero-order valence-corrected chi connectivity index (χ0v) is 6.86. The largest absolute Gasteiger partial charge is 0.443 e. The summed E-state index contributed by atoms with van der Waals surface area (Å²) in [5, 5.41) is 0. The van der Waals surface area contributed by atoms with Gasteiger partial charge in [0.1, 0.15) is 5.52 Å². The normalized spacial score (nSPS) is 10.5. The van der Waals surface area contributed by atoms with Crippen LogP contribution in [-0.2, 0) is 11.2 Å². The average Bonchev–Trinajstić information content (AvgIpc) is 2.49. The average molecular weight is 176 g/mol. The molecule has 13 heavy (non-hydrogen) atoms. The summed E-state index contributed by atoms with van der Waals surface area (Å²) in [7, 11) is 0. The minimum atomic E-state index is -0.345. The number of nitrogens with zero attached hydrogens (tertiary/aromatic N) is 1. The maximum atomic E-state index is 10.6. The molecular formula is C9H8N2O2. The molecule has 0 spiro atoms. The van der Waals surface area contributed by atoms with Crippen LogP contribution in [0.15, 0.2) is 29.0 Å². The Balaban J connectivity index is 2.42. The predicted octanol–water partition coefficient (Wildman–Crippen LogP) is 0.856. The fraction of sp³-hybridized carbons (Fsp3) is 0.111. The molecule has 4 nitrogen and oxygen atoms in total. The van der Waals surface area contributed by atoms with Crippen LogP contribution in [-0.4, -0.2) is 10.9 Å². The van der Waals surface area contributed by atoms with E-state index in [2.05, 4.69) is 4.98 Å². The number of hydrogen-bond acceptors (Lipinski definition) is 3. The molecule has 1 heterocycles. The van der Waals surface area contributed by atoms with Crippen molar-refractivity contribution in [2.75, 3.05) is 0 Å². The van der Waals surface area contributed by atoms with E-state index in [0.29, 0.717) is 5.58 Å². The fourth-order valence-electron chi connectivity index (χ4n) is 1.21. The van der Waals surface area contributed by atoms with E-state index in [1.165, 1.54) is 6.39 Å². The van der Waals surface area contributed by atoms with Crippen LogP contribution in [0.3, 0.4) is 0 Å². The standard InChI is InChI=1S/C9H8N2O2/c10-9(12)4-6-1-2-8-7(3-6)11-5-13-8/h1-3,5H,4H2,(H2,10,12). The number of carbonyl (C=O) groups is 1. The van der Waals surface area contributed by atoms with E-state index in [0.717, 1.165) is 11.1 Å². The van der Waals surface area contributed by atoms with Crippen molar-refractivity contribution in [2.24, 2.45) is 5.73 Å². The van der Waals surface area contributed by atoms with Crippen molar-refractivity contribution in [3.8, 4) is 0 Å². The van der Waals surface area contributed by atoms with Gasteiger partial charge in [-0.1, -0.05) is 6.07 Å². The fourth-order valence-corrected chi connectivity index (χ4v) is 1.21. The van der Waals surface area contributed by atoms with E-state index >= 15 is 0 Å². The van der Waals surface area contributed by atoms with Gasteiger partial charge in [0, 0.05) is 0 Å². The molecule has 0 saturated carbocycles. The van der Waals surface area contributed by atoms with Gasteiger partial charge in [-0.15, -0.1) is 0 Å². The van der Waals surface area contributed by atoms with Crippen molar-refractivity contribution < 1.29 is 9.21 Å². The number of amides is 1. The first-order chi connectivity index (χ1) is 6.25. The second-order valence-electron chi connectivity index (χ2n) is 2.80. The third-order valence-corrected chi connectivity index (χ3v) is 1.77. The van der Waals surface area contributed by atoms with Crippen LogP contribution >= 0.6 is 0 Å². The van der Waals surface area contributed by atoms with E-state index in [4.69, 9.17) is 10.2 Å². The number of nitrogens with two attached hydrogens (primary N) is 1. The number of oxazole rings is 1. The lowest BCUT2D eigenvalue weighted by atomic mass is 10.1. The predicted molar refractivity (Wildman–Crippen MR) is 46.9 cm³/mol. The first-order valence-corrected chi connectivity index (χ1v) is 3.86. The quantitative estimate of drug-likeness (QED) is 0.737. The van der Waals surface area contributed by atoms with E-state index in [-0.39, 0.29) is 12.3 Å². The van der Waals surface area contributed by atoms with Crippen LogP contribution in [0.4, 0.5) is 0 Å².